The lowest BCUT2D eigenvalue weighted by Crippen LogP contribution is -2.11. The van der Waals surface area contributed by atoms with Crippen molar-refractivity contribution in [3.05, 3.63) is 20.0 Å². The van der Waals surface area contributed by atoms with E-state index < -0.39 is 0 Å². The smallest absolute Gasteiger partial charge is 0.224 e. The molecular weight excluding hydrogens is 347 g/mol. The van der Waals surface area contributed by atoms with Crippen molar-refractivity contribution in [2.24, 2.45) is 0 Å². The van der Waals surface area contributed by atoms with E-state index in [0.29, 0.717) is 31.8 Å². The lowest BCUT2D eigenvalue weighted by molar-refractivity contribution is -0.115. The van der Waals surface area contributed by atoms with Crippen LogP contribution in [0.4, 0.5) is 11.4 Å². The summed E-state index contributed by atoms with van der Waals surface area (Å²) in [6.45, 7) is 1.77. The van der Waals surface area contributed by atoms with Crippen LogP contribution in [0.15, 0.2) is 15.0 Å². The number of nitrogens with two attached hydrogens (primary N) is 1. The first-order chi connectivity index (χ1) is 6.97. The second kappa shape index (κ2) is 5.18. The highest BCUT2D eigenvalue weighted by Gasteiger charge is 2.13. The van der Waals surface area contributed by atoms with Crippen LogP contribution in [-0.4, -0.2) is 5.91 Å². The number of anilines is 2. The monoisotopic (exact) mass is 354 g/mol. The van der Waals surface area contributed by atoms with E-state index in [4.69, 9.17) is 17.3 Å². The topological polar surface area (TPSA) is 55.1 Å². The highest BCUT2D eigenvalue weighted by Crippen LogP contribution is 2.40. The Morgan fingerprint density at radius 2 is 2.20 bits per heavy atom. The molecule has 1 rings (SSSR count). The van der Waals surface area contributed by atoms with Crippen molar-refractivity contribution in [1.82, 2.24) is 0 Å². The normalized spacial score (nSPS) is 10.1. The first-order valence-electron chi connectivity index (χ1n) is 4.20. The Morgan fingerprint density at radius 3 is 2.73 bits per heavy atom. The molecule has 82 valence electrons. The molecule has 1 aromatic carbocycles. The second-order valence-electron chi connectivity index (χ2n) is 2.84. The number of nitrogens with one attached hydrogen (secondary N) is 1. The minimum Gasteiger partial charge on any atom is -0.397 e. The molecule has 15 heavy (non-hydrogen) atoms. The van der Waals surface area contributed by atoms with Gasteiger partial charge in [0.25, 0.3) is 0 Å². The minimum absolute atomic E-state index is 0.0851. The van der Waals surface area contributed by atoms with Gasteiger partial charge in [-0.2, -0.15) is 0 Å². The van der Waals surface area contributed by atoms with Crippen LogP contribution in [0, 0.1) is 0 Å². The van der Waals surface area contributed by atoms with Crippen LogP contribution in [0.5, 0.6) is 0 Å². The van der Waals surface area contributed by atoms with E-state index >= 15 is 0 Å². The van der Waals surface area contributed by atoms with Gasteiger partial charge in [0, 0.05) is 10.9 Å². The lowest BCUT2D eigenvalue weighted by Gasteiger charge is -2.12. The Labute approximate surface area is 110 Å². The largest absolute Gasteiger partial charge is 0.397 e. The summed E-state index contributed by atoms with van der Waals surface area (Å²) in [6, 6.07) is 1.65. The van der Waals surface area contributed by atoms with E-state index in [1.54, 1.807) is 13.0 Å². The number of rotatable bonds is 2. The van der Waals surface area contributed by atoms with Gasteiger partial charge in [0.15, 0.2) is 0 Å². The van der Waals surface area contributed by atoms with Crippen molar-refractivity contribution in [1.29, 1.82) is 0 Å². The van der Waals surface area contributed by atoms with Crippen LogP contribution >= 0.6 is 43.5 Å². The molecule has 0 saturated heterocycles. The van der Waals surface area contributed by atoms with E-state index in [-0.39, 0.29) is 5.91 Å². The molecule has 0 aliphatic rings. The molecule has 1 amide bonds. The van der Waals surface area contributed by atoms with Crippen LogP contribution < -0.4 is 11.1 Å². The molecule has 1 aromatic rings. The summed E-state index contributed by atoms with van der Waals surface area (Å²) in [6.07, 6.45) is 0.404. The van der Waals surface area contributed by atoms with Crippen molar-refractivity contribution in [2.45, 2.75) is 13.3 Å². The van der Waals surface area contributed by atoms with E-state index in [2.05, 4.69) is 37.2 Å². The quantitative estimate of drug-likeness (QED) is 0.792. The number of carbonyl (C=O) groups excluding carboxylic acids is 1. The predicted octanol–water partition coefficient (Wildman–Crippen LogP) is 3.80. The summed E-state index contributed by atoms with van der Waals surface area (Å²) in [5.41, 5.74) is 6.73. The first-order valence-corrected chi connectivity index (χ1v) is 6.16. The zero-order chi connectivity index (χ0) is 11.6. The summed E-state index contributed by atoms with van der Waals surface area (Å²) in [4.78, 5) is 11.3. The van der Waals surface area contributed by atoms with Crippen LogP contribution in [0.2, 0.25) is 5.02 Å². The average Bonchev–Trinajstić information content (AvgIpc) is 2.21. The molecule has 0 fully saturated rings. The third kappa shape index (κ3) is 2.86. The van der Waals surface area contributed by atoms with Gasteiger partial charge in [0.2, 0.25) is 5.91 Å². The molecule has 0 radical (unpaired) electrons. The Hall–Kier alpha value is -0.260. The molecule has 3 N–H and O–H groups in total. The number of amides is 1. The fourth-order valence-electron chi connectivity index (χ4n) is 0.948. The number of hydrogen-bond donors (Lipinski definition) is 2. The summed E-state index contributed by atoms with van der Waals surface area (Å²) in [5, 5.41) is 3.16. The fourth-order valence-corrected chi connectivity index (χ4v) is 2.72. The number of halogens is 3. The Bertz CT molecular complexity index is 410. The summed E-state index contributed by atoms with van der Waals surface area (Å²) >= 11 is 12.5. The van der Waals surface area contributed by atoms with Gasteiger partial charge in [-0.05, 0) is 37.9 Å². The molecule has 0 aromatic heterocycles. The number of carbonyl (C=O) groups is 1. The molecule has 0 heterocycles. The SMILES string of the molecule is CCC(=O)Nc1c(Br)cc(Cl)c(N)c1Br. The molecule has 0 unspecified atom stereocenters. The van der Waals surface area contributed by atoms with Gasteiger partial charge in [-0.15, -0.1) is 0 Å². The summed E-state index contributed by atoms with van der Waals surface area (Å²) < 4.78 is 1.28. The van der Waals surface area contributed by atoms with Crippen molar-refractivity contribution < 1.29 is 4.79 Å². The van der Waals surface area contributed by atoms with Crippen LogP contribution in [0.3, 0.4) is 0 Å². The standard InChI is InChI=1S/C9H9Br2ClN2O/c1-2-6(15)14-9-4(10)3-5(12)8(13)7(9)11/h3H,2,13H2,1H3,(H,14,15). The molecule has 0 spiro atoms. The Kier molecular flexibility index (Phi) is 4.43. The molecular formula is C9H9Br2ClN2O. The van der Waals surface area contributed by atoms with Crippen LogP contribution in [0.1, 0.15) is 13.3 Å². The van der Waals surface area contributed by atoms with Crippen molar-refractivity contribution in [3.8, 4) is 0 Å². The van der Waals surface area contributed by atoms with Crippen LogP contribution in [-0.2, 0) is 4.79 Å². The van der Waals surface area contributed by atoms with E-state index in [1.165, 1.54) is 0 Å². The first kappa shape index (κ1) is 12.8. The number of hydrogen-bond acceptors (Lipinski definition) is 2. The van der Waals surface area contributed by atoms with Gasteiger partial charge in [0.05, 0.1) is 20.9 Å². The van der Waals surface area contributed by atoms with Crippen molar-refractivity contribution in [3.63, 3.8) is 0 Å². The van der Waals surface area contributed by atoms with E-state index in [0.717, 1.165) is 0 Å². The maximum absolute atomic E-state index is 11.3. The van der Waals surface area contributed by atoms with Gasteiger partial charge >= 0.3 is 0 Å². The second-order valence-corrected chi connectivity index (χ2v) is 4.90. The predicted molar refractivity (Wildman–Crippen MR) is 70.2 cm³/mol. The van der Waals surface area contributed by atoms with E-state index in [1.807, 2.05) is 0 Å². The van der Waals surface area contributed by atoms with Crippen molar-refractivity contribution in [2.75, 3.05) is 11.1 Å². The molecule has 0 saturated carbocycles. The Balaban J connectivity index is 3.18. The maximum Gasteiger partial charge on any atom is 0.224 e. The third-order valence-corrected chi connectivity index (χ3v) is 3.55. The molecule has 6 heteroatoms. The van der Waals surface area contributed by atoms with Gasteiger partial charge < -0.3 is 11.1 Å². The highest BCUT2D eigenvalue weighted by molar-refractivity contribution is 9.11. The van der Waals surface area contributed by atoms with E-state index in [9.17, 15) is 4.79 Å². The maximum atomic E-state index is 11.3. The third-order valence-electron chi connectivity index (χ3n) is 1.79. The molecule has 3 nitrogen and oxygen atoms in total. The van der Waals surface area contributed by atoms with Crippen LogP contribution in [0.25, 0.3) is 0 Å². The van der Waals surface area contributed by atoms with Gasteiger partial charge in [-0.1, -0.05) is 18.5 Å². The number of nitrogen functional groups attached to an aromatic ring is 1. The zero-order valence-electron chi connectivity index (χ0n) is 7.90. The Morgan fingerprint density at radius 1 is 1.60 bits per heavy atom. The number of benzene rings is 1. The van der Waals surface area contributed by atoms with Crippen molar-refractivity contribution >= 4 is 60.7 Å². The molecule has 0 aliphatic heterocycles. The zero-order valence-corrected chi connectivity index (χ0v) is 11.8. The van der Waals surface area contributed by atoms with Gasteiger partial charge in [0.1, 0.15) is 0 Å². The fraction of sp³-hybridized carbons (Fsp3) is 0.222. The molecule has 0 atom stereocenters. The van der Waals surface area contributed by atoms with Gasteiger partial charge in [-0.3, -0.25) is 4.79 Å². The summed E-state index contributed by atoms with van der Waals surface area (Å²) in [5.74, 6) is -0.0851. The lowest BCUT2D eigenvalue weighted by atomic mass is 10.2. The minimum atomic E-state index is -0.0851. The molecule has 0 aliphatic carbocycles. The highest BCUT2D eigenvalue weighted by atomic mass is 79.9. The average molecular weight is 356 g/mol. The van der Waals surface area contributed by atoms with Gasteiger partial charge in [-0.25, -0.2) is 0 Å². The molecule has 0 bridgehead atoms. The summed E-state index contributed by atoms with van der Waals surface area (Å²) in [7, 11) is 0.